The fourth-order valence-electron chi connectivity index (χ4n) is 5.11. The Hall–Kier alpha value is -5.40. The second-order valence-corrected chi connectivity index (χ2v) is 12.3. The van der Waals surface area contributed by atoms with E-state index in [0.717, 1.165) is 16.7 Å². The number of aliphatic hydroxyl groups is 1. The Balaban J connectivity index is 1.55. The lowest BCUT2D eigenvalue weighted by Crippen LogP contribution is -2.24. The second kappa shape index (κ2) is 15.9. The van der Waals surface area contributed by atoms with Crippen molar-refractivity contribution in [2.45, 2.75) is 59.2 Å². The summed E-state index contributed by atoms with van der Waals surface area (Å²) in [6, 6.07) is 37.2. The highest BCUT2D eigenvalue weighted by Gasteiger charge is 2.26. The number of hydrogen-bond donors (Lipinski definition) is 1. The van der Waals surface area contributed by atoms with Gasteiger partial charge in [0.05, 0.1) is 17.7 Å². The number of Topliss-reactive ketones (excluding diaryl/α,β-unsaturated/α-hetero) is 1. The van der Waals surface area contributed by atoms with Gasteiger partial charge in [0.1, 0.15) is 42.7 Å². The Bertz CT molecular complexity index is 1750. The molecule has 7 nitrogen and oxygen atoms in total. The first-order chi connectivity index (χ1) is 23.2. The second-order valence-electron chi connectivity index (χ2n) is 12.3. The summed E-state index contributed by atoms with van der Waals surface area (Å²) < 4.78 is 24.5. The van der Waals surface area contributed by atoms with E-state index in [9.17, 15) is 14.7 Å². The normalized spacial score (nSPS) is 11.1. The van der Waals surface area contributed by atoms with Crippen molar-refractivity contribution in [3.63, 3.8) is 0 Å². The van der Waals surface area contributed by atoms with Crippen LogP contribution >= 0.6 is 0 Å². The summed E-state index contributed by atoms with van der Waals surface area (Å²) in [5.74, 6) is 0.136. The molecule has 0 radical (unpaired) electrons. The molecular formula is C41H40O7. The molecule has 0 amide bonds. The van der Waals surface area contributed by atoms with Gasteiger partial charge in [-0.2, -0.15) is 0 Å². The fraction of sp³-hybridized carbons (Fsp3) is 0.220. The Labute approximate surface area is 281 Å². The van der Waals surface area contributed by atoms with Crippen LogP contribution in [0.4, 0.5) is 0 Å². The number of benzene rings is 5. The Morgan fingerprint density at radius 2 is 1.06 bits per heavy atom. The SMILES string of the molecule is CC(C)(C)OC(=O)c1cc(OCc2ccccc2)c(CC(=O)c2c(CO)cccc2OCc2ccccc2)c(OCc2ccccc2)c1. The van der Waals surface area contributed by atoms with Crippen LogP contribution in [0.15, 0.2) is 121 Å². The van der Waals surface area contributed by atoms with Crippen LogP contribution in [0.5, 0.6) is 17.2 Å². The number of aliphatic hydroxyl groups excluding tert-OH is 1. The molecule has 0 heterocycles. The van der Waals surface area contributed by atoms with Gasteiger partial charge in [0, 0.05) is 12.0 Å². The van der Waals surface area contributed by atoms with E-state index in [-0.39, 0.29) is 49.8 Å². The van der Waals surface area contributed by atoms with Gasteiger partial charge in [-0.1, -0.05) is 103 Å². The number of carbonyl (C=O) groups excluding carboxylic acids is 2. The third-order valence-electron chi connectivity index (χ3n) is 7.41. The van der Waals surface area contributed by atoms with Crippen LogP contribution in [0.3, 0.4) is 0 Å². The molecule has 0 aliphatic rings. The Morgan fingerprint density at radius 3 is 1.50 bits per heavy atom. The number of esters is 1. The van der Waals surface area contributed by atoms with Crippen molar-refractivity contribution >= 4 is 11.8 Å². The average Bonchev–Trinajstić information content (AvgIpc) is 3.09. The highest BCUT2D eigenvalue weighted by Crippen LogP contribution is 2.36. The lowest BCUT2D eigenvalue weighted by molar-refractivity contribution is 0.00684. The molecule has 0 saturated carbocycles. The summed E-state index contributed by atoms with van der Waals surface area (Å²) in [5, 5.41) is 10.3. The molecule has 0 aliphatic carbocycles. The number of rotatable bonds is 14. The molecule has 0 atom stereocenters. The zero-order valence-corrected chi connectivity index (χ0v) is 27.5. The Kier molecular flexibility index (Phi) is 11.3. The van der Waals surface area contributed by atoms with E-state index in [4.69, 9.17) is 18.9 Å². The predicted octanol–water partition coefficient (Wildman–Crippen LogP) is 8.30. The van der Waals surface area contributed by atoms with Crippen molar-refractivity contribution in [3.05, 3.63) is 160 Å². The van der Waals surface area contributed by atoms with Gasteiger partial charge >= 0.3 is 5.97 Å². The van der Waals surface area contributed by atoms with E-state index in [1.165, 1.54) is 0 Å². The smallest absolute Gasteiger partial charge is 0.338 e. The monoisotopic (exact) mass is 644 g/mol. The van der Waals surface area contributed by atoms with E-state index in [0.29, 0.717) is 28.4 Å². The molecule has 0 aliphatic heterocycles. The van der Waals surface area contributed by atoms with Crippen molar-refractivity contribution in [2.24, 2.45) is 0 Å². The van der Waals surface area contributed by atoms with Crippen LogP contribution < -0.4 is 14.2 Å². The number of carbonyl (C=O) groups is 2. The van der Waals surface area contributed by atoms with E-state index in [2.05, 4.69) is 0 Å². The molecule has 5 rings (SSSR count). The number of ketones is 1. The zero-order valence-electron chi connectivity index (χ0n) is 27.5. The predicted molar refractivity (Wildman–Crippen MR) is 184 cm³/mol. The van der Waals surface area contributed by atoms with Crippen LogP contribution in [-0.2, 0) is 37.6 Å². The molecule has 0 aromatic heterocycles. The van der Waals surface area contributed by atoms with Crippen molar-refractivity contribution in [3.8, 4) is 17.2 Å². The molecule has 0 spiro atoms. The zero-order chi connectivity index (χ0) is 33.9. The van der Waals surface area contributed by atoms with Crippen molar-refractivity contribution < 1.29 is 33.6 Å². The summed E-state index contributed by atoms with van der Waals surface area (Å²) >= 11 is 0. The van der Waals surface area contributed by atoms with E-state index < -0.39 is 11.6 Å². The quantitative estimate of drug-likeness (QED) is 0.0961. The minimum atomic E-state index is -0.730. The third-order valence-corrected chi connectivity index (χ3v) is 7.41. The molecule has 246 valence electrons. The molecule has 0 fully saturated rings. The summed E-state index contributed by atoms with van der Waals surface area (Å²) in [6.07, 6.45) is -0.151. The highest BCUT2D eigenvalue weighted by atomic mass is 16.6. The first-order valence-electron chi connectivity index (χ1n) is 15.9. The maximum absolute atomic E-state index is 14.3. The summed E-state index contributed by atoms with van der Waals surface area (Å²) in [5.41, 5.74) is 3.43. The van der Waals surface area contributed by atoms with Gasteiger partial charge in [0.2, 0.25) is 0 Å². The molecule has 5 aromatic carbocycles. The largest absolute Gasteiger partial charge is 0.488 e. The molecule has 5 aromatic rings. The first-order valence-corrected chi connectivity index (χ1v) is 15.9. The van der Waals surface area contributed by atoms with E-state index in [1.807, 2.05) is 91.0 Å². The minimum Gasteiger partial charge on any atom is -0.488 e. The first kappa shape index (κ1) is 33.9. The fourth-order valence-corrected chi connectivity index (χ4v) is 5.11. The van der Waals surface area contributed by atoms with Gasteiger partial charge in [-0.15, -0.1) is 0 Å². The Morgan fingerprint density at radius 1 is 0.604 bits per heavy atom. The van der Waals surface area contributed by atoms with Gasteiger partial charge in [-0.05, 0) is 61.2 Å². The highest BCUT2D eigenvalue weighted by molar-refractivity contribution is 6.02. The van der Waals surface area contributed by atoms with Crippen LogP contribution in [0.2, 0.25) is 0 Å². The van der Waals surface area contributed by atoms with Gasteiger partial charge in [0.25, 0.3) is 0 Å². The summed E-state index contributed by atoms with van der Waals surface area (Å²) in [6.45, 7) is 5.68. The van der Waals surface area contributed by atoms with Crippen molar-refractivity contribution in [1.29, 1.82) is 0 Å². The third kappa shape index (κ3) is 9.33. The molecule has 0 unspecified atom stereocenters. The maximum atomic E-state index is 14.3. The maximum Gasteiger partial charge on any atom is 0.338 e. The lowest BCUT2D eigenvalue weighted by atomic mass is 9.95. The molecule has 48 heavy (non-hydrogen) atoms. The van der Waals surface area contributed by atoms with Gasteiger partial charge < -0.3 is 24.1 Å². The molecular weight excluding hydrogens is 604 g/mol. The molecule has 7 heteroatoms. The number of ether oxygens (including phenoxy) is 4. The average molecular weight is 645 g/mol. The van der Waals surface area contributed by atoms with Gasteiger partial charge in [-0.3, -0.25) is 4.79 Å². The molecule has 0 bridgehead atoms. The summed E-state index contributed by atoms with van der Waals surface area (Å²) in [4.78, 5) is 27.6. The lowest BCUT2D eigenvalue weighted by Gasteiger charge is -2.22. The van der Waals surface area contributed by atoms with Crippen LogP contribution in [0, 0.1) is 0 Å². The van der Waals surface area contributed by atoms with Gasteiger partial charge in [-0.25, -0.2) is 4.79 Å². The van der Waals surface area contributed by atoms with Crippen molar-refractivity contribution in [1.82, 2.24) is 0 Å². The number of hydrogen-bond acceptors (Lipinski definition) is 7. The van der Waals surface area contributed by atoms with E-state index in [1.54, 1.807) is 51.1 Å². The standard InChI is InChI=1S/C41H40O7/c1-41(2,3)48-40(44)33-22-37(46-27-30-16-9-5-10-17-30)34(38(23-33)47-28-31-18-11-6-12-19-31)24-35(43)39-32(25-42)20-13-21-36(39)45-26-29-14-7-4-8-15-29/h4-23,42H,24-28H2,1-3H3. The van der Waals surface area contributed by atoms with Crippen LogP contribution in [0.1, 0.15) is 69.3 Å². The minimum absolute atomic E-state index is 0.151. The summed E-state index contributed by atoms with van der Waals surface area (Å²) in [7, 11) is 0. The molecule has 1 N–H and O–H groups in total. The van der Waals surface area contributed by atoms with Gasteiger partial charge in [0.15, 0.2) is 5.78 Å². The molecule has 0 saturated heterocycles. The van der Waals surface area contributed by atoms with Crippen LogP contribution in [-0.4, -0.2) is 22.5 Å². The van der Waals surface area contributed by atoms with Crippen LogP contribution in [0.25, 0.3) is 0 Å². The topological polar surface area (TPSA) is 91.3 Å². The van der Waals surface area contributed by atoms with Crippen molar-refractivity contribution in [2.75, 3.05) is 0 Å². The van der Waals surface area contributed by atoms with E-state index >= 15 is 0 Å².